The van der Waals surface area contributed by atoms with E-state index in [9.17, 15) is 14.4 Å². The van der Waals surface area contributed by atoms with Gasteiger partial charge in [0.1, 0.15) is 13.1 Å². The Hall–Kier alpha value is -2.18. The average Bonchev–Trinajstić information content (AvgIpc) is 2.62. The fourth-order valence-electron chi connectivity index (χ4n) is 1.40. The Labute approximate surface area is 90.4 Å². The number of hydrogen-bond donors (Lipinski definition) is 1. The summed E-state index contributed by atoms with van der Waals surface area (Å²) in [6.45, 7) is 1.38. The molecule has 1 aromatic heterocycles. The van der Waals surface area contributed by atoms with Crippen molar-refractivity contribution in [3.8, 4) is 0 Å². The molecule has 0 spiro atoms. The Balaban J connectivity index is 2.15. The van der Waals surface area contributed by atoms with E-state index in [-0.39, 0.29) is 18.8 Å². The van der Waals surface area contributed by atoms with Crippen molar-refractivity contribution in [3.63, 3.8) is 0 Å². The minimum Gasteiger partial charge on any atom is -0.351 e. The quantitative estimate of drug-likeness (QED) is 0.621. The van der Waals surface area contributed by atoms with E-state index >= 15 is 0 Å². The van der Waals surface area contributed by atoms with E-state index in [1.807, 2.05) is 0 Å². The highest BCUT2D eigenvalue weighted by atomic mass is 16.5. The number of aryl methyl sites for hydroxylation is 1. The number of imide groups is 1. The summed E-state index contributed by atoms with van der Waals surface area (Å²) in [5.41, 5.74) is 0.566. The molecule has 1 aromatic rings. The molecule has 1 aliphatic rings. The van der Waals surface area contributed by atoms with Crippen molar-refractivity contribution >= 4 is 17.7 Å². The van der Waals surface area contributed by atoms with Gasteiger partial charge in [0.15, 0.2) is 0 Å². The van der Waals surface area contributed by atoms with Crippen LogP contribution in [0.15, 0.2) is 10.6 Å². The topological polar surface area (TPSA) is 92.5 Å². The number of carbonyl (C=O) groups is 3. The zero-order valence-corrected chi connectivity index (χ0v) is 8.52. The number of carbonyl (C=O) groups excluding carboxylic acids is 3. The molecule has 0 atom stereocenters. The summed E-state index contributed by atoms with van der Waals surface area (Å²) in [6, 6.07) is 1.46. The van der Waals surface area contributed by atoms with E-state index in [2.05, 4.69) is 10.5 Å². The molecule has 2 rings (SSSR count). The van der Waals surface area contributed by atoms with E-state index < -0.39 is 17.7 Å². The number of rotatable bonds is 1. The molecule has 1 fully saturated rings. The van der Waals surface area contributed by atoms with Gasteiger partial charge < -0.3 is 9.42 Å². The first-order valence-electron chi connectivity index (χ1n) is 4.61. The SMILES string of the molecule is Cc1cc(C(=O)N2CC(=O)NC(=O)C2)on1. The van der Waals surface area contributed by atoms with E-state index in [0.717, 1.165) is 4.90 Å². The number of hydrogen-bond acceptors (Lipinski definition) is 5. The van der Waals surface area contributed by atoms with Crippen molar-refractivity contribution in [2.24, 2.45) is 0 Å². The lowest BCUT2D eigenvalue weighted by Gasteiger charge is -2.24. The predicted octanol–water partition coefficient (Wildman–Crippen LogP) is -0.918. The molecule has 16 heavy (non-hydrogen) atoms. The van der Waals surface area contributed by atoms with Gasteiger partial charge >= 0.3 is 0 Å². The number of amides is 3. The molecule has 1 N–H and O–H groups in total. The molecule has 0 saturated carbocycles. The van der Waals surface area contributed by atoms with Crippen LogP contribution in [0.2, 0.25) is 0 Å². The molecule has 0 unspecified atom stereocenters. The Bertz CT molecular complexity index is 449. The van der Waals surface area contributed by atoms with Crippen LogP contribution in [0.3, 0.4) is 0 Å². The number of nitrogens with zero attached hydrogens (tertiary/aromatic N) is 2. The van der Waals surface area contributed by atoms with Crippen LogP contribution in [0.25, 0.3) is 0 Å². The maximum absolute atomic E-state index is 11.8. The lowest BCUT2D eigenvalue weighted by molar-refractivity contribution is -0.135. The van der Waals surface area contributed by atoms with Crippen molar-refractivity contribution < 1.29 is 18.9 Å². The standard InChI is InChI=1S/C9H9N3O4/c1-5-2-6(16-11-5)9(15)12-3-7(13)10-8(14)4-12/h2H,3-4H2,1H3,(H,10,13,14). The lowest BCUT2D eigenvalue weighted by Crippen LogP contribution is -2.53. The van der Waals surface area contributed by atoms with Crippen molar-refractivity contribution in [1.29, 1.82) is 0 Å². The molecule has 84 valence electrons. The summed E-state index contributed by atoms with van der Waals surface area (Å²) >= 11 is 0. The third-order valence-electron chi connectivity index (χ3n) is 2.07. The van der Waals surface area contributed by atoms with Gasteiger partial charge in [0.25, 0.3) is 5.91 Å². The molecule has 7 heteroatoms. The first kappa shape index (κ1) is 10.3. The van der Waals surface area contributed by atoms with E-state index in [1.54, 1.807) is 6.92 Å². The molecule has 1 saturated heterocycles. The highest BCUT2D eigenvalue weighted by Crippen LogP contribution is 2.07. The van der Waals surface area contributed by atoms with Crippen molar-refractivity contribution in [2.75, 3.05) is 13.1 Å². The lowest BCUT2D eigenvalue weighted by atomic mass is 10.3. The van der Waals surface area contributed by atoms with Crippen LogP contribution in [-0.4, -0.2) is 40.9 Å². The van der Waals surface area contributed by atoms with Gasteiger partial charge in [0.05, 0.1) is 5.69 Å². The summed E-state index contributed by atoms with van der Waals surface area (Å²) in [5.74, 6) is -1.48. The van der Waals surface area contributed by atoms with Gasteiger partial charge in [0, 0.05) is 6.07 Å². The van der Waals surface area contributed by atoms with Crippen LogP contribution in [0.4, 0.5) is 0 Å². The second kappa shape index (κ2) is 3.76. The molecule has 1 aliphatic heterocycles. The monoisotopic (exact) mass is 223 g/mol. The zero-order valence-electron chi connectivity index (χ0n) is 8.52. The Morgan fingerprint density at radius 2 is 2.06 bits per heavy atom. The van der Waals surface area contributed by atoms with Gasteiger partial charge in [-0.25, -0.2) is 0 Å². The first-order chi connectivity index (χ1) is 7.56. The maximum Gasteiger partial charge on any atom is 0.293 e. The van der Waals surface area contributed by atoms with E-state index in [0.29, 0.717) is 5.69 Å². The third kappa shape index (κ3) is 1.92. The van der Waals surface area contributed by atoms with Crippen molar-refractivity contribution in [3.05, 3.63) is 17.5 Å². The predicted molar refractivity (Wildman–Crippen MR) is 50.3 cm³/mol. The minimum absolute atomic E-state index is 0.0278. The van der Waals surface area contributed by atoms with Crippen LogP contribution < -0.4 is 5.32 Å². The molecule has 0 aromatic carbocycles. The fourth-order valence-corrected chi connectivity index (χ4v) is 1.40. The summed E-state index contributed by atoms with van der Waals surface area (Å²) in [6.07, 6.45) is 0. The molecule has 0 bridgehead atoms. The van der Waals surface area contributed by atoms with Crippen LogP contribution >= 0.6 is 0 Å². The molecule has 7 nitrogen and oxygen atoms in total. The second-order valence-corrected chi connectivity index (χ2v) is 3.47. The second-order valence-electron chi connectivity index (χ2n) is 3.47. The largest absolute Gasteiger partial charge is 0.351 e. The number of nitrogens with one attached hydrogen (secondary N) is 1. The number of aromatic nitrogens is 1. The molecular weight excluding hydrogens is 214 g/mol. The van der Waals surface area contributed by atoms with Crippen molar-refractivity contribution in [2.45, 2.75) is 6.92 Å². The van der Waals surface area contributed by atoms with Gasteiger partial charge in [-0.2, -0.15) is 0 Å². The summed E-state index contributed by atoms with van der Waals surface area (Å²) in [5, 5.41) is 5.67. The average molecular weight is 223 g/mol. The normalized spacial score (nSPS) is 16.2. The smallest absolute Gasteiger partial charge is 0.293 e. The Kier molecular flexibility index (Phi) is 2.43. The molecular formula is C9H9N3O4. The fraction of sp³-hybridized carbons (Fsp3) is 0.333. The highest BCUT2D eigenvalue weighted by Gasteiger charge is 2.28. The third-order valence-corrected chi connectivity index (χ3v) is 2.07. The summed E-state index contributed by atoms with van der Waals surface area (Å²) in [7, 11) is 0. The van der Waals surface area contributed by atoms with Crippen LogP contribution in [0.5, 0.6) is 0 Å². The maximum atomic E-state index is 11.8. The van der Waals surface area contributed by atoms with Crippen LogP contribution in [0.1, 0.15) is 16.2 Å². The van der Waals surface area contributed by atoms with Gasteiger partial charge in [-0.05, 0) is 6.92 Å². The molecule has 3 amide bonds. The van der Waals surface area contributed by atoms with Crippen molar-refractivity contribution in [1.82, 2.24) is 15.4 Å². The molecule has 2 heterocycles. The Morgan fingerprint density at radius 3 is 2.56 bits per heavy atom. The zero-order chi connectivity index (χ0) is 11.7. The van der Waals surface area contributed by atoms with Crippen LogP contribution in [-0.2, 0) is 9.59 Å². The summed E-state index contributed by atoms with van der Waals surface area (Å²) in [4.78, 5) is 35.0. The Morgan fingerprint density at radius 1 is 1.44 bits per heavy atom. The first-order valence-corrected chi connectivity index (χ1v) is 4.61. The highest BCUT2D eigenvalue weighted by molar-refractivity contribution is 6.04. The molecule has 0 radical (unpaired) electrons. The number of piperazine rings is 1. The van der Waals surface area contributed by atoms with Gasteiger partial charge in [-0.3, -0.25) is 19.7 Å². The van der Waals surface area contributed by atoms with Gasteiger partial charge in [-0.15, -0.1) is 0 Å². The van der Waals surface area contributed by atoms with Gasteiger partial charge in [0.2, 0.25) is 17.6 Å². The van der Waals surface area contributed by atoms with E-state index in [4.69, 9.17) is 4.52 Å². The summed E-state index contributed by atoms with van der Waals surface area (Å²) < 4.78 is 4.77. The van der Waals surface area contributed by atoms with E-state index in [1.165, 1.54) is 6.07 Å². The molecule has 0 aliphatic carbocycles. The van der Waals surface area contributed by atoms with Gasteiger partial charge in [-0.1, -0.05) is 5.16 Å². The van der Waals surface area contributed by atoms with Crippen LogP contribution in [0, 0.1) is 6.92 Å². The minimum atomic E-state index is -0.510.